The zero-order chi connectivity index (χ0) is 17.8. The number of benzene rings is 1. The van der Waals surface area contributed by atoms with E-state index >= 15 is 0 Å². The molecule has 1 aliphatic heterocycles. The quantitative estimate of drug-likeness (QED) is 0.829. The molecule has 2 N–H and O–H groups in total. The third kappa shape index (κ3) is 4.05. The number of likely N-dealkylation sites (tertiary alicyclic amines) is 1. The number of methoxy groups -OCH3 is 2. The van der Waals surface area contributed by atoms with Crippen LogP contribution in [0.2, 0.25) is 0 Å². The Bertz CT molecular complexity index is 703. The number of aromatic nitrogens is 2. The summed E-state index contributed by atoms with van der Waals surface area (Å²) in [6.07, 6.45) is 1.66. The van der Waals surface area contributed by atoms with Crippen molar-refractivity contribution in [2.75, 3.05) is 27.3 Å². The number of rotatable bonds is 6. The van der Waals surface area contributed by atoms with Crippen molar-refractivity contribution in [1.82, 2.24) is 14.9 Å². The van der Waals surface area contributed by atoms with E-state index in [1.165, 1.54) is 0 Å². The van der Waals surface area contributed by atoms with Gasteiger partial charge >= 0.3 is 0 Å². The lowest BCUT2D eigenvalue weighted by molar-refractivity contribution is -0.0278. The van der Waals surface area contributed by atoms with E-state index in [1.807, 2.05) is 13.0 Å². The molecule has 7 heteroatoms. The predicted molar refractivity (Wildman–Crippen MR) is 93.2 cm³/mol. The van der Waals surface area contributed by atoms with Crippen LogP contribution in [-0.2, 0) is 6.54 Å². The molecule has 1 aromatic carbocycles. The van der Waals surface area contributed by atoms with E-state index in [1.54, 1.807) is 32.7 Å². The average Bonchev–Trinajstić information content (AvgIpc) is 3.02. The Balaban J connectivity index is 1.59. The number of ether oxygens (including phenoxy) is 3. The van der Waals surface area contributed by atoms with Gasteiger partial charge in [-0.1, -0.05) is 0 Å². The van der Waals surface area contributed by atoms with Crippen LogP contribution in [0, 0.1) is 6.92 Å². The summed E-state index contributed by atoms with van der Waals surface area (Å²) >= 11 is 0. The molecule has 0 radical (unpaired) electrons. The van der Waals surface area contributed by atoms with E-state index in [0.717, 1.165) is 30.9 Å². The van der Waals surface area contributed by atoms with Crippen molar-refractivity contribution in [3.05, 3.63) is 35.9 Å². The van der Waals surface area contributed by atoms with Crippen LogP contribution in [0.15, 0.2) is 24.5 Å². The summed E-state index contributed by atoms with van der Waals surface area (Å²) in [5, 5.41) is 10.5. The fourth-order valence-electron chi connectivity index (χ4n) is 3.08. The first kappa shape index (κ1) is 17.6. The minimum Gasteiger partial charge on any atom is -0.493 e. The number of β-amino-alcohol motifs (C(OH)–C–C–N with tert-alkyl or cyclic N) is 1. The van der Waals surface area contributed by atoms with Crippen molar-refractivity contribution in [2.45, 2.75) is 32.1 Å². The minimum atomic E-state index is -0.555. The molecule has 0 spiro atoms. The highest BCUT2D eigenvalue weighted by Crippen LogP contribution is 2.32. The molecular weight excluding hydrogens is 322 g/mol. The third-order valence-electron chi connectivity index (χ3n) is 4.55. The number of piperidine rings is 1. The van der Waals surface area contributed by atoms with Gasteiger partial charge in [-0.15, -0.1) is 0 Å². The van der Waals surface area contributed by atoms with Gasteiger partial charge in [-0.3, -0.25) is 4.90 Å². The minimum absolute atomic E-state index is 0.241. The number of aliphatic hydroxyl groups is 1. The SMILES string of the molecule is COc1ccc(O[C@@H]2CCN(Cc3nc[nH]c3C)C[C@H]2O)cc1OC. The van der Waals surface area contributed by atoms with Gasteiger partial charge in [0.05, 0.1) is 26.2 Å². The maximum Gasteiger partial charge on any atom is 0.164 e. The molecule has 1 saturated heterocycles. The van der Waals surface area contributed by atoms with Crippen LogP contribution in [0.3, 0.4) is 0 Å². The van der Waals surface area contributed by atoms with Gasteiger partial charge in [0.25, 0.3) is 0 Å². The van der Waals surface area contributed by atoms with Crippen LogP contribution in [0.4, 0.5) is 0 Å². The van der Waals surface area contributed by atoms with Crippen molar-refractivity contribution in [2.24, 2.45) is 0 Å². The first-order valence-corrected chi connectivity index (χ1v) is 8.38. The maximum absolute atomic E-state index is 10.5. The normalized spacial score (nSPS) is 21.1. The van der Waals surface area contributed by atoms with Crippen LogP contribution >= 0.6 is 0 Å². The molecule has 2 aromatic rings. The highest BCUT2D eigenvalue weighted by atomic mass is 16.5. The summed E-state index contributed by atoms with van der Waals surface area (Å²) < 4.78 is 16.5. The number of aromatic amines is 1. The molecule has 2 heterocycles. The topological polar surface area (TPSA) is 79.8 Å². The molecule has 2 atom stereocenters. The molecule has 1 aromatic heterocycles. The van der Waals surface area contributed by atoms with Crippen molar-refractivity contribution < 1.29 is 19.3 Å². The Morgan fingerprint density at radius 3 is 2.72 bits per heavy atom. The molecular formula is C18H25N3O4. The van der Waals surface area contributed by atoms with Gasteiger partial charge < -0.3 is 24.3 Å². The Morgan fingerprint density at radius 2 is 2.08 bits per heavy atom. The van der Waals surface area contributed by atoms with Crippen molar-refractivity contribution in [1.29, 1.82) is 0 Å². The molecule has 0 saturated carbocycles. The molecule has 0 aliphatic carbocycles. The summed E-state index contributed by atoms with van der Waals surface area (Å²) in [6, 6.07) is 5.41. The second-order valence-corrected chi connectivity index (χ2v) is 6.24. The van der Waals surface area contributed by atoms with Crippen molar-refractivity contribution in [3.63, 3.8) is 0 Å². The van der Waals surface area contributed by atoms with Gasteiger partial charge in [0.2, 0.25) is 0 Å². The molecule has 0 bridgehead atoms. The highest BCUT2D eigenvalue weighted by molar-refractivity contribution is 5.45. The number of H-pyrrole nitrogens is 1. The van der Waals surface area contributed by atoms with E-state index in [0.29, 0.717) is 23.8 Å². The lowest BCUT2D eigenvalue weighted by atomic mass is 10.0. The van der Waals surface area contributed by atoms with E-state index < -0.39 is 6.10 Å². The second kappa shape index (κ2) is 7.76. The summed E-state index contributed by atoms with van der Waals surface area (Å²) in [6.45, 7) is 4.15. The number of nitrogens with zero attached hydrogens (tertiary/aromatic N) is 2. The smallest absolute Gasteiger partial charge is 0.164 e. The maximum atomic E-state index is 10.5. The fourth-order valence-corrected chi connectivity index (χ4v) is 3.08. The fraction of sp³-hybridized carbons (Fsp3) is 0.500. The number of hydrogen-bond acceptors (Lipinski definition) is 6. The molecule has 0 unspecified atom stereocenters. The number of imidazole rings is 1. The van der Waals surface area contributed by atoms with Crippen LogP contribution in [0.25, 0.3) is 0 Å². The number of hydrogen-bond donors (Lipinski definition) is 2. The van der Waals surface area contributed by atoms with Crippen LogP contribution < -0.4 is 14.2 Å². The number of aliphatic hydroxyl groups excluding tert-OH is 1. The van der Waals surface area contributed by atoms with Gasteiger partial charge in [-0.25, -0.2) is 4.98 Å². The van der Waals surface area contributed by atoms with Crippen LogP contribution in [-0.4, -0.2) is 59.5 Å². The Kier molecular flexibility index (Phi) is 5.45. The molecule has 25 heavy (non-hydrogen) atoms. The monoisotopic (exact) mass is 347 g/mol. The predicted octanol–water partition coefficient (Wildman–Crippen LogP) is 1.75. The average molecular weight is 347 g/mol. The summed E-state index contributed by atoms with van der Waals surface area (Å²) in [5.41, 5.74) is 2.09. The first-order valence-electron chi connectivity index (χ1n) is 8.38. The van der Waals surface area contributed by atoms with Gasteiger partial charge in [0, 0.05) is 31.4 Å². The Labute approximate surface area is 147 Å². The molecule has 136 valence electrons. The van der Waals surface area contributed by atoms with E-state index in [9.17, 15) is 5.11 Å². The van der Waals surface area contributed by atoms with E-state index in [4.69, 9.17) is 14.2 Å². The lowest BCUT2D eigenvalue weighted by Crippen LogP contribution is -2.48. The Morgan fingerprint density at radius 1 is 1.28 bits per heavy atom. The Hall–Kier alpha value is -2.25. The molecule has 1 aliphatic rings. The zero-order valence-corrected chi connectivity index (χ0v) is 14.9. The summed E-state index contributed by atoms with van der Waals surface area (Å²) in [4.78, 5) is 9.60. The van der Waals surface area contributed by atoms with Crippen LogP contribution in [0.5, 0.6) is 17.2 Å². The van der Waals surface area contributed by atoms with Gasteiger partial charge in [-0.2, -0.15) is 0 Å². The largest absolute Gasteiger partial charge is 0.493 e. The molecule has 1 fully saturated rings. The zero-order valence-electron chi connectivity index (χ0n) is 14.9. The molecule has 7 nitrogen and oxygen atoms in total. The third-order valence-corrected chi connectivity index (χ3v) is 4.55. The summed E-state index contributed by atoms with van der Waals surface area (Å²) in [5.74, 6) is 1.93. The van der Waals surface area contributed by atoms with Gasteiger partial charge in [0.15, 0.2) is 11.5 Å². The second-order valence-electron chi connectivity index (χ2n) is 6.24. The van der Waals surface area contributed by atoms with Gasteiger partial charge in [-0.05, 0) is 25.5 Å². The van der Waals surface area contributed by atoms with E-state index in [2.05, 4.69) is 14.9 Å². The standard InChI is InChI=1S/C18H25N3O4/c1-12-14(20-11-19-12)9-21-7-6-16(15(22)10-21)25-13-4-5-17(23-2)18(8-13)24-3/h4-5,8,11,15-16,22H,6-7,9-10H2,1-3H3,(H,19,20)/t15-,16-/m1/s1. The summed E-state index contributed by atoms with van der Waals surface area (Å²) in [7, 11) is 3.19. The number of nitrogens with one attached hydrogen (secondary N) is 1. The number of aryl methyl sites for hydroxylation is 1. The van der Waals surface area contributed by atoms with Crippen LogP contribution in [0.1, 0.15) is 17.8 Å². The van der Waals surface area contributed by atoms with Crippen molar-refractivity contribution >= 4 is 0 Å². The highest BCUT2D eigenvalue weighted by Gasteiger charge is 2.30. The molecule has 0 amide bonds. The van der Waals surface area contributed by atoms with Crippen molar-refractivity contribution in [3.8, 4) is 17.2 Å². The van der Waals surface area contributed by atoms with E-state index in [-0.39, 0.29) is 6.10 Å². The van der Waals surface area contributed by atoms with Gasteiger partial charge in [0.1, 0.15) is 18.0 Å². The first-order chi connectivity index (χ1) is 12.1. The molecule has 3 rings (SSSR count). The lowest BCUT2D eigenvalue weighted by Gasteiger charge is -2.35.